The van der Waals surface area contributed by atoms with E-state index in [0.29, 0.717) is 43.8 Å². The Labute approximate surface area is 125 Å². The Balaban J connectivity index is 1.83. The first-order chi connectivity index (χ1) is 10.1. The van der Waals surface area contributed by atoms with Gasteiger partial charge in [-0.1, -0.05) is 12.1 Å². The number of carbonyl (C=O) groups is 1. The number of aryl methyl sites for hydroxylation is 1. The van der Waals surface area contributed by atoms with Gasteiger partial charge in [-0.25, -0.2) is 0 Å². The summed E-state index contributed by atoms with van der Waals surface area (Å²) in [5, 5.41) is 3.80. The SMILES string of the molecule is CCN(Cc1nc(C)no1)C[C@@H]1CC(=O)N(CCOC)C1. The van der Waals surface area contributed by atoms with Crippen molar-refractivity contribution in [3.63, 3.8) is 0 Å². The van der Waals surface area contributed by atoms with Crippen LogP contribution in [-0.2, 0) is 16.1 Å². The van der Waals surface area contributed by atoms with E-state index in [2.05, 4.69) is 22.0 Å². The molecule has 0 spiro atoms. The lowest BCUT2D eigenvalue weighted by atomic mass is 10.1. The number of methoxy groups -OCH3 is 1. The summed E-state index contributed by atoms with van der Waals surface area (Å²) in [4.78, 5) is 20.3. The van der Waals surface area contributed by atoms with Crippen molar-refractivity contribution in [3.8, 4) is 0 Å². The molecule has 1 aliphatic heterocycles. The standard InChI is InChI=1S/C14H24N4O3/c1-4-17(10-13-15-11(2)16-21-13)8-12-7-14(19)18(9-12)5-6-20-3/h12H,4-10H2,1-3H3/t12-/m0/s1. The van der Waals surface area contributed by atoms with Crippen molar-refractivity contribution < 1.29 is 14.1 Å². The molecule has 1 fully saturated rings. The number of ether oxygens (including phenoxy) is 1. The Morgan fingerprint density at radius 1 is 1.52 bits per heavy atom. The maximum Gasteiger partial charge on any atom is 0.240 e. The quantitative estimate of drug-likeness (QED) is 0.703. The first kappa shape index (κ1) is 15.9. The average molecular weight is 296 g/mol. The van der Waals surface area contributed by atoms with Crippen LogP contribution in [0.2, 0.25) is 0 Å². The van der Waals surface area contributed by atoms with Gasteiger partial charge >= 0.3 is 0 Å². The Morgan fingerprint density at radius 3 is 2.95 bits per heavy atom. The fraction of sp³-hybridized carbons (Fsp3) is 0.786. The van der Waals surface area contributed by atoms with Crippen LogP contribution < -0.4 is 0 Å². The van der Waals surface area contributed by atoms with Gasteiger partial charge in [-0.2, -0.15) is 4.98 Å². The third kappa shape index (κ3) is 4.50. The molecule has 0 aromatic carbocycles. The predicted octanol–water partition coefficient (Wildman–Crippen LogP) is 0.695. The van der Waals surface area contributed by atoms with E-state index in [1.54, 1.807) is 7.11 Å². The minimum Gasteiger partial charge on any atom is -0.383 e. The van der Waals surface area contributed by atoms with Gasteiger partial charge in [0.05, 0.1) is 13.2 Å². The zero-order chi connectivity index (χ0) is 15.2. The third-order valence-corrected chi connectivity index (χ3v) is 3.75. The molecule has 1 saturated heterocycles. The van der Waals surface area contributed by atoms with Crippen LogP contribution in [0.3, 0.4) is 0 Å². The summed E-state index contributed by atoms with van der Waals surface area (Å²) in [5.41, 5.74) is 0. The van der Waals surface area contributed by atoms with Crippen LogP contribution in [0, 0.1) is 12.8 Å². The Kier molecular flexibility index (Phi) is 5.69. The second-order valence-electron chi connectivity index (χ2n) is 5.47. The van der Waals surface area contributed by atoms with E-state index in [9.17, 15) is 4.79 Å². The van der Waals surface area contributed by atoms with Crippen molar-refractivity contribution in [2.75, 3.05) is 39.9 Å². The number of amides is 1. The zero-order valence-electron chi connectivity index (χ0n) is 13.0. The maximum atomic E-state index is 11.9. The number of carbonyl (C=O) groups excluding carboxylic acids is 1. The van der Waals surface area contributed by atoms with Crippen LogP contribution in [0.4, 0.5) is 0 Å². The van der Waals surface area contributed by atoms with Crippen molar-refractivity contribution in [2.24, 2.45) is 5.92 Å². The van der Waals surface area contributed by atoms with E-state index in [-0.39, 0.29) is 5.91 Å². The normalized spacial score (nSPS) is 19.0. The molecular formula is C14H24N4O3. The lowest BCUT2D eigenvalue weighted by Gasteiger charge is -2.22. The second kappa shape index (κ2) is 7.51. The van der Waals surface area contributed by atoms with E-state index in [4.69, 9.17) is 9.26 Å². The maximum absolute atomic E-state index is 11.9. The number of likely N-dealkylation sites (tertiary alicyclic amines) is 1. The highest BCUT2D eigenvalue weighted by Crippen LogP contribution is 2.19. The van der Waals surface area contributed by atoms with Gasteiger partial charge in [0.25, 0.3) is 0 Å². The predicted molar refractivity (Wildman–Crippen MR) is 76.5 cm³/mol. The minimum atomic E-state index is 0.224. The molecular weight excluding hydrogens is 272 g/mol. The molecule has 2 rings (SSSR count). The fourth-order valence-electron chi connectivity index (χ4n) is 2.66. The molecule has 118 valence electrons. The molecule has 7 nitrogen and oxygen atoms in total. The van der Waals surface area contributed by atoms with E-state index < -0.39 is 0 Å². The molecule has 1 aromatic rings. The molecule has 0 radical (unpaired) electrons. The van der Waals surface area contributed by atoms with Crippen LogP contribution in [0.1, 0.15) is 25.1 Å². The van der Waals surface area contributed by atoms with Gasteiger partial charge in [0.15, 0.2) is 5.82 Å². The second-order valence-corrected chi connectivity index (χ2v) is 5.47. The van der Waals surface area contributed by atoms with Gasteiger partial charge in [0.2, 0.25) is 11.8 Å². The molecule has 0 saturated carbocycles. The molecule has 1 amide bonds. The largest absolute Gasteiger partial charge is 0.383 e. The van der Waals surface area contributed by atoms with E-state index >= 15 is 0 Å². The molecule has 1 aliphatic rings. The van der Waals surface area contributed by atoms with Crippen molar-refractivity contribution in [3.05, 3.63) is 11.7 Å². The van der Waals surface area contributed by atoms with Gasteiger partial charge in [0.1, 0.15) is 0 Å². The molecule has 1 aromatic heterocycles. The van der Waals surface area contributed by atoms with E-state index in [1.165, 1.54) is 0 Å². The topological polar surface area (TPSA) is 71.7 Å². The fourth-order valence-corrected chi connectivity index (χ4v) is 2.66. The lowest BCUT2D eigenvalue weighted by Crippen LogP contribution is -2.32. The molecule has 0 bridgehead atoms. The van der Waals surface area contributed by atoms with Gasteiger partial charge in [0, 0.05) is 33.2 Å². The number of nitrogens with zero attached hydrogens (tertiary/aromatic N) is 4. The third-order valence-electron chi connectivity index (χ3n) is 3.75. The zero-order valence-corrected chi connectivity index (χ0v) is 13.0. The van der Waals surface area contributed by atoms with E-state index in [0.717, 1.165) is 19.6 Å². The van der Waals surface area contributed by atoms with Gasteiger partial charge in [-0.15, -0.1) is 0 Å². The van der Waals surface area contributed by atoms with Crippen LogP contribution in [0.15, 0.2) is 4.52 Å². The first-order valence-electron chi connectivity index (χ1n) is 7.40. The van der Waals surface area contributed by atoms with Crippen LogP contribution in [-0.4, -0.2) is 65.7 Å². The van der Waals surface area contributed by atoms with Crippen LogP contribution in [0.5, 0.6) is 0 Å². The van der Waals surface area contributed by atoms with E-state index in [1.807, 2.05) is 11.8 Å². The summed E-state index contributed by atoms with van der Waals surface area (Å²) in [6.07, 6.45) is 0.614. The smallest absolute Gasteiger partial charge is 0.240 e. The molecule has 7 heteroatoms. The van der Waals surface area contributed by atoms with Crippen LogP contribution >= 0.6 is 0 Å². The van der Waals surface area contributed by atoms with Crippen molar-refractivity contribution >= 4 is 5.91 Å². The van der Waals surface area contributed by atoms with Crippen molar-refractivity contribution in [1.29, 1.82) is 0 Å². The van der Waals surface area contributed by atoms with Gasteiger partial charge in [-0.3, -0.25) is 9.69 Å². The highest BCUT2D eigenvalue weighted by atomic mass is 16.5. The number of rotatable bonds is 8. The van der Waals surface area contributed by atoms with Crippen molar-refractivity contribution in [1.82, 2.24) is 19.9 Å². The molecule has 0 N–H and O–H groups in total. The Hall–Kier alpha value is -1.47. The molecule has 1 atom stereocenters. The highest BCUT2D eigenvalue weighted by Gasteiger charge is 2.30. The summed E-state index contributed by atoms with van der Waals surface area (Å²) in [7, 11) is 1.66. The Morgan fingerprint density at radius 2 is 2.33 bits per heavy atom. The number of aromatic nitrogens is 2. The number of hydrogen-bond donors (Lipinski definition) is 0. The molecule has 0 aliphatic carbocycles. The highest BCUT2D eigenvalue weighted by molar-refractivity contribution is 5.78. The minimum absolute atomic E-state index is 0.224. The first-order valence-corrected chi connectivity index (χ1v) is 7.40. The van der Waals surface area contributed by atoms with Crippen LogP contribution in [0.25, 0.3) is 0 Å². The monoisotopic (exact) mass is 296 g/mol. The molecule has 2 heterocycles. The summed E-state index contributed by atoms with van der Waals surface area (Å²) in [6, 6.07) is 0. The molecule has 21 heavy (non-hydrogen) atoms. The summed E-state index contributed by atoms with van der Waals surface area (Å²) in [6.45, 7) is 8.40. The lowest BCUT2D eigenvalue weighted by molar-refractivity contribution is -0.128. The average Bonchev–Trinajstić information content (AvgIpc) is 3.02. The number of hydrogen-bond acceptors (Lipinski definition) is 6. The molecule has 0 unspecified atom stereocenters. The summed E-state index contributed by atoms with van der Waals surface area (Å²) in [5.74, 6) is 1.87. The van der Waals surface area contributed by atoms with Gasteiger partial charge in [-0.05, 0) is 19.4 Å². The summed E-state index contributed by atoms with van der Waals surface area (Å²) < 4.78 is 10.2. The van der Waals surface area contributed by atoms with Crippen molar-refractivity contribution in [2.45, 2.75) is 26.8 Å². The Bertz CT molecular complexity index is 463. The van der Waals surface area contributed by atoms with Gasteiger partial charge < -0.3 is 14.2 Å². The summed E-state index contributed by atoms with van der Waals surface area (Å²) >= 11 is 0.